The molecule has 0 aliphatic carbocycles. The van der Waals surface area contributed by atoms with Crippen molar-refractivity contribution in [2.24, 2.45) is 0 Å². The standard InChI is InChI=1S/C13H16FNO3S/c1-17-13(18-2)12-15(11(16)8-19-12)7-9-5-3-4-6-10(9)14/h3-6,12-13H,7-8H2,1-2H3. The van der Waals surface area contributed by atoms with E-state index in [1.807, 2.05) is 0 Å². The van der Waals surface area contributed by atoms with Crippen molar-refractivity contribution < 1.29 is 18.7 Å². The molecule has 1 unspecified atom stereocenters. The summed E-state index contributed by atoms with van der Waals surface area (Å²) >= 11 is 1.44. The minimum Gasteiger partial charge on any atom is -0.353 e. The molecule has 1 heterocycles. The average molecular weight is 285 g/mol. The summed E-state index contributed by atoms with van der Waals surface area (Å²) in [6, 6.07) is 6.45. The third-order valence-corrected chi connectivity index (χ3v) is 4.23. The zero-order chi connectivity index (χ0) is 13.8. The lowest BCUT2D eigenvalue weighted by Crippen LogP contribution is -2.41. The fraction of sp³-hybridized carbons (Fsp3) is 0.462. The van der Waals surface area contributed by atoms with E-state index in [1.165, 1.54) is 32.0 Å². The number of carbonyl (C=O) groups is 1. The summed E-state index contributed by atoms with van der Waals surface area (Å²) in [5, 5.41) is -0.248. The molecular formula is C13H16FNO3S. The number of rotatable bonds is 5. The zero-order valence-electron chi connectivity index (χ0n) is 10.8. The molecule has 104 valence electrons. The van der Waals surface area contributed by atoms with Crippen molar-refractivity contribution in [2.45, 2.75) is 18.2 Å². The minimum atomic E-state index is -0.511. The van der Waals surface area contributed by atoms with Crippen LogP contribution in [-0.4, -0.2) is 42.4 Å². The number of methoxy groups -OCH3 is 2. The van der Waals surface area contributed by atoms with Gasteiger partial charge in [-0.1, -0.05) is 18.2 Å². The van der Waals surface area contributed by atoms with Gasteiger partial charge in [0.1, 0.15) is 11.2 Å². The molecule has 6 heteroatoms. The van der Waals surface area contributed by atoms with Crippen molar-refractivity contribution in [3.63, 3.8) is 0 Å². The Balaban J connectivity index is 2.16. The third-order valence-electron chi connectivity index (χ3n) is 3.00. The van der Waals surface area contributed by atoms with Crippen LogP contribution in [0.2, 0.25) is 0 Å². The molecule has 0 aromatic heterocycles. The van der Waals surface area contributed by atoms with E-state index in [-0.39, 0.29) is 23.6 Å². The Kier molecular flexibility index (Phi) is 4.79. The first-order valence-electron chi connectivity index (χ1n) is 5.87. The summed E-state index contributed by atoms with van der Waals surface area (Å²) < 4.78 is 24.1. The Morgan fingerprint density at radius 1 is 1.42 bits per heavy atom. The molecule has 1 saturated heterocycles. The van der Waals surface area contributed by atoms with Gasteiger partial charge in [-0.15, -0.1) is 11.8 Å². The topological polar surface area (TPSA) is 38.8 Å². The van der Waals surface area contributed by atoms with Crippen LogP contribution in [0.3, 0.4) is 0 Å². The number of ether oxygens (including phenoxy) is 2. The largest absolute Gasteiger partial charge is 0.353 e. The molecule has 1 fully saturated rings. The number of amides is 1. The van der Waals surface area contributed by atoms with Crippen molar-refractivity contribution in [3.8, 4) is 0 Å². The minimum absolute atomic E-state index is 0.0302. The first-order chi connectivity index (χ1) is 9.17. The van der Waals surface area contributed by atoms with Gasteiger partial charge < -0.3 is 14.4 Å². The number of benzene rings is 1. The molecule has 0 spiro atoms. The lowest BCUT2D eigenvalue weighted by Gasteiger charge is -2.29. The van der Waals surface area contributed by atoms with Crippen molar-refractivity contribution >= 4 is 17.7 Å². The monoisotopic (exact) mass is 285 g/mol. The molecule has 1 aromatic carbocycles. The molecular weight excluding hydrogens is 269 g/mol. The van der Waals surface area contributed by atoms with Gasteiger partial charge in [0.2, 0.25) is 5.91 Å². The Labute approximate surface area is 115 Å². The second-order valence-electron chi connectivity index (χ2n) is 4.15. The summed E-state index contributed by atoms with van der Waals surface area (Å²) in [6.07, 6.45) is -0.511. The number of hydrogen-bond donors (Lipinski definition) is 0. The summed E-state index contributed by atoms with van der Waals surface area (Å²) in [5.74, 6) is 0.0252. The van der Waals surface area contributed by atoms with Gasteiger partial charge in [-0.25, -0.2) is 4.39 Å². The summed E-state index contributed by atoms with van der Waals surface area (Å²) in [4.78, 5) is 13.5. The second-order valence-corrected chi connectivity index (χ2v) is 5.26. The predicted octanol–water partition coefficient (Wildman–Crippen LogP) is 1.85. The molecule has 1 atom stereocenters. The normalized spacial score (nSPS) is 19.5. The number of thioether (sulfide) groups is 1. The van der Waals surface area contributed by atoms with Crippen LogP contribution in [0.4, 0.5) is 4.39 Å². The third kappa shape index (κ3) is 3.08. The SMILES string of the molecule is COC(OC)C1SCC(=O)N1Cc1ccccc1F. The predicted molar refractivity (Wildman–Crippen MR) is 71.0 cm³/mol. The Morgan fingerprint density at radius 2 is 2.11 bits per heavy atom. The molecule has 1 aliphatic rings. The first kappa shape index (κ1) is 14.3. The Morgan fingerprint density at radius 3 is 2.74 bits per heavy atom. The maximum absolute atomic E-state index is 13.7. The van der Waals surface area contributed by atoms with E-state index in [0.29, 0.717) is 11.3 Å². The smallest absolute Gasteiger partial charge is 0.234 e. The molecule has 19 heavy (non-hydrogen) atoms. The molecule has 1 amide bonds. The molecule has 2 rings (SSSR count). The van der Waals surface area contributed by atoms with Crippen LogP contribution < -0.4 is 0 Å². The van der Waals surface area contributed by atoms with Crippen LogP contribution >= 0.6 is 11.8 Å². The van der Waals surface area contributed by atoms with Crippen molar-refractivity contribution in [1.82, 2.24) is 4.90 Å². The summed E-state index contributed by atoms with van der Waals surface area (Å²) in [5.41, 5.74) is 0.495. The van der Waals surface area contributed by atoms with Gasteiger partial charge in [-0.2, -0.15) is 0 Å². The Hall–Kier alpha value is -1.11. The quantitative estimate of drug-likeness (QED) is 0.774. The fourth-order valence-electron chi connectivity index (χ4n) is 2.01. The van der Waals surface area contributed by atoms with E-state index in [9.17, 15) is 9.18 Å². The molecule has 0 radical (unpaired) electrons. The lowest BCUT2D eigenvalue weighted by atomic mass is 10.2. The van der Waals surface area contributed by atoms with E-state index in [4.69, 9.17) is 9.47 Å². The van der Waals surface area contributed by atoms with E-state index in [1.54, 1.807) is 23.1 Å². The highest BCUT2D eigenvalue weighted by Gasteiger charge is 2.38. The van der Waals surface area contributed by atoms with Gasteiger partial charge >= 0.3 is 0 Å². The molecule has 4 nitrogen and oxygen atoms in total. The van der Waals surface area contributed by atoms with Crippen molar-refractivity contribution in [2.75, 3.05) is 20.0 Å². The number of hydrogen-bond acceptors (Lipinski definition) is 4. The highest BCUT2D eigenvalue weighted by molar-refractivity contribution is 8.01. The van der Waals surface area contributed by atoms with Gasteiger partial charge in [-0.3, -0.25) is 4.79 Å². The second kappa shape index (κ2) is 6.36. The Bertz CT molecular complexity index is 453. The molecule has 0 N–H and O–H groups in total. The van der Waals surface area contributed by atoms with Crippen LogP contribution in [0.5, 0.6) is 0 Å². The summed E-state index contributed by atoms with van der Waals surface area (Å²) in [7, 11) is 3.05. The lowest BCUT2D eigenvalue weighted by molar-refractivity contribution is -0.146. The first-order valence-corrected chi connectivity index (χ1v) is 6.92. The molecule has 1 aliphatic heterocycles. The van der Waals surface area contributed by atoms with E-state index in [0.717, 1.165) is 0 Å². The number of carbonyl (C=O) groups excluding carboxylic acids is 1. The van der Waals surface area contributed by atoms with Gasteiger partial charge in [0.25, 0.3) is 0 Å². The maximum Gasteiger partial charge on any atom is 0.234 e. The van der Waals surface area contributed by atoms with Crippen molar-refractivity contribution in [3.05, 3.63) is 35.6 Å². The van der Waals surface area contributed by atoms with Crippen LogP contribution in [0.1, 0.15) is 5.56 Å². The molecule has 0 bridgehead atoms. The van der Waals surface area contributed by atoms with Gasteiger partial charge in [0, 0.05) is 26.3 Å². The highest BCUT2D eigenvalue weighted by Crippen LogP contribution is 2.30. The van der Waals surface area contributed by atoms with Gasteiger partial charge in [-0.05, 0) is 6.07 Å². The zero-order valence-corrected chi connectivity index (χ0v) is 11.7. The van der Waals surface area contributed by atoms with Crippen LogP contribution in [0.25, 0.3) is 0 Å². The highest BCUT2D eigenvalue weighted by atomic mass is 32.2. The van der Waals surface area contributed by atoms with Gasteiger partial charge in [0.15, 0.2) is 6.29 Å². The maximum atomic E-state index is 13.7. The van der Waals surface area contributed by atoms with E-state index < -0.39 is 6.29 Å². The number of halogens is 1. The van der Waals surface area contributed by atoms with Gasteiger partial charge in [0.05, 0.1) is 5.75 Å². The summed E-state index contributed by atoms with van der Waals surface area (Å²) in [6.45, 7) is 0.229. The van der Waals surface area contributed by atoms with Crippen LogP contribution in [-0.2, 0) is 20.8 Å². The average Bonchev–Trinajstić information content (AvgIpc) is 2.76. The number of nitrogens with zero attached hydrogens (tertiary/aromatic N) is 1. The van der Waals surface area contributed by atoms with Crippen LogP contribution in [0, 0.1) is 5.82 Å². The van der Waals surface area contributed by atoms with E-state index in [2.05, 4.69) is 0 Å². The van der Waals surface area contributed by atoms with Crippen molar-refractivity contribution in [1.29, 1.82) is 0 Å². The molecule has 0 saturated carbocycles. The molecule has 1 aromatic rings. The van der Waals surface area contributed by atoms with Crippen LogP contribution in [0.15, 0.2) is 24.3 Å². The van der Waals surface area contributed by atoms with E-state index >= 15 is 0 Å². The fourth-order valence-corrected chi connectivity index (χ4v) is 3.24.